The largest absolute Gasteiger partial charge is 0.484 e. The number of rotatable bonds is 6. The highest BCUT2D eigenvalue weighted by Gasteiger charge is 2.16. The minimum absolute atomic E-state index is 0.0320. The number of pyridine rings is 1. The number of nitrogens with one attached hydrogen (secondary N) is 2. The lowest BCUT2D eigenvalue weighted by Crippen LogP contribution is -2.28. The fraction of sp³-hybridized carbons (Fsp3) is 0.381. The van der Waals surface area contributed by atoms with Crippen LogP contribution in [0.4, 0.5) is 11.5 Å². The zero-order valence-corrected chi connectivity index (χ0v) is 15.7. The van der Waals surface area contributed by atoms with E-state index >= 15 is 0 Å². The summed E-state index contributed by atoms with van der Waals surface area (Å²) in [4.78, 5) is 30.2. The van der Waals surface area contributed by atoms with Gasteiger partial charge >= 0.3 is 0 Å². The third kappa shape index (κ3) is 4.42. The third-order valence-electron chi connectivity index (χ3n) is 5.07. The molecule has 4 rings (SSSR count). The summed E-state index contributed by atoms with van der Waals surface area (Å²) in [7, 11) is 0. The van der Waals surface area contributed by atoms with Crippen LogP contribution in [0.3, 0.4) is 0 Å². The molecule has 146 valence electrons. The van der Waals surface area contributed by atoms with E-state index < -0.39 is 0 Å². The van der Waals surface area contributed by atoms with Crippen molar-refractivity contribution in [2.75, 3.05) is 29.9 Å². The lowest BCUT2D eigenvalue weighted by atomic mass is 10.0. The van der Waals surface area contributed by atoms with Crippen LogP contribution in [0.15, 0.2) is 36.5 Å². The Morgan fingerprint density at radius 2 is 2.04 bits per heavy atom. The minimum Gasteiger partial charge on any atom is -0.484 e. The monoisotopic (exact) mass is 380 g/mol. The maximum atomic E-state index is 12.1. The van der Waals surface area contributed by atoms with E-state index in [0.29, 0.717) is 25.1 Å². The van der Waals surface area contributed by atoms with Crippen molar-refractivity contribution < 1.29 is 14.3 Å². The van der Waals surface area contributed by atoms with Gasteiger partial charge in [-0.05, 0) is 60.7 Å². The highest BCUT2D eigenvalue weighted by atomic mass is 16.5. The van der Waals surface area contributed by atoms with Gasteiger partial charge in [0.1, 0.15) is 11.6 Å². The molecule has 1 saturated heterocycles. The molecule has 0 unspecified atom stereocenters. The van der Waals surface area contributed by atoms with Crippen LogP contribution in [-0.2, 0) is 22.6 Å². The maximum absolute atomic E-state index is 12.1. The number of hydrogen-bond donors (Lipinski definition) is 2. The molecule has 0 radical (unpaired) electrons. The first-order valence-corrected chi connectivity index (χ1v) is 9.69. The standard InChI is InChI=1S/C21H24N4O3/c26-20-6-3-16-12-17(4-5-18(16)24-20)28-14-21(27)23-13-15-7-8-22-19(11-15)25-9-1-2-10-25/h4-5,7-8,11-12H,1-3,6,9-10,13-14H2,(H,23,27)(H,24,26). The molecule has 2 N–H and O–H groups in total. The molecule has 7 heteroatoms. The Labute approximate surface area is 164 Å². The first kappa shape index (κ1) is 18.3. The van der Waals surface area contributed by atoms with Gasteiger partial charge in [-0.1, -0.05) is 0 Å². The van der Waals surface area contributed by atoms with E-state index in [1.807, 2.05) is 24.3 Å². The van der Waals surface area contributed by atoms with Gasteiger partial charge < -0.3 is 20.3 Å². The van der Waals surface area contributed by atoms with E-state index in [-0.39, 0.29) is 18.4 Å². The zero-order valence-electron chi connectivity index (χ0n) is 15.7. The maximum Gasteiger partial charge on any atom is 0.258 e. The van der Waals surface area contributed by atoms with Gasteiger partial charge in [0.2, 0.25) is 5.91 Å². The number of carbonyl (C=O) groups is 2. The van der Waals surface area contributed by atoms with E-state index in [4.69, 9.17) is 4.74 Å². The van der Waals surface area contributed by atoms with Crippen molar-refractivity contribution in [2.45, 2.75) is 32.2 Å². The van der Waals surface area contributed by atoms with Crippen molar-refractivity contribution in [3.05, 3.63) is 47.7 Å². The molecule has 28 heavy (non-hydrogen) atoms. The summed E-state index contributed by atoms with van der Waals surface area (Å²) in [6, 6.07) is 9.41. The number of fused-ring (bicyclic) bond motifs is 1. The lowest BCUT2D eigenvalue weighted by Gasteiger charge is -2.18. The van der Waals surface area contributed by atoms with E-state index in [0.717, 1.165) is 35.7 Å². The van der Waals surface area contributed by atoms with Crippen LogP contribution < -0.4 is 20.3 Å². The molecule has 2 aliphatic rings. The van der Waals surface area contributed by atoms with Gasteiger partial charge in [-0.3, -0.25) is 9.59 Å². The molecule has 0 bridgehead atoms. The second-order valence-electron chi connectivity index (χ2n) is 7.15. The fourth-order valence-electron chi connectivity index (χ4n) is 3.54. The average molecular weight is 380 g/mol. The number of amides is 2. The first-order chi connectivity index (χ1) is 13.7. The van der Waals surface area contributed by atoms with E-state index in [2.05, 4.69) is 20.5 Å². The Bertz CT molecular complexity index is 878. The number of anilines is 2. The molecule has 3 heterocycles. The van der Waals surface area contributed by atoms with Crippen LogP contribution in [0, 0.1) is 0 Å². The minimum atomic E-state index is -0.175. The van der Waals surface area contributed by atoms with Crippen LogP contribution in [0.5, 0.6) is 5.75 Å². The highest BCUT2D eigenvalue weighted by Crippen LogP contribution is 2.26. The van der Waals surface area contributed by atoms with Crippen molar-refractivity contribution in [3.8, 4) is 5.75 Å². The number of carbonyl (C=O) groups excluding carboxylic acids is 2. The first-order valence-electron chi connectivity index (χ1n) is 9.69. The number of aryl methyl sites for hydroxylation is 1. The second-order valence-corrected chi connectivity index (χ2v) is 7.15. The number of hydrogen-bond acceptors (Lipinski definition) is 5. The normalized spacial score (nSPS) is 15.7. The molecular weight excluding hydrogens is 356 g/mol. The molecule has 2 amide bonds. The van der Waals surface area contributed by atoms with Gasteiger partial charge in [0.15, 0.2) is 6.61 Å². The molecule has 0 saturated carbocycles. The topological polar surface area (TPSA) is 83.6 Å². The number of nitrogens with zero attached hydrogens (tertiary/aromatic N) is 2. The summed E-state index contributed by atoms with van der Waals surface area (Å²) >= 11 is 0. The predicted molar refractivity (Wildman–Crippen MR) is 106 cm³/mol. The Morgan fingerprint density at radius 3 is 2.89 bits per heavy atom. The van der Waals surface area contributed by atoms with Crippen LogP contribution >= 0.6 is 0 Å². The molecule has 0 spiro atoms. The molecule has 0 atom stereocenters. The summed E-state index contributed by atoms with van der Waals surface area (Å²) in [5.41, 5.74) is 2.87. The lowest BCUT2D eigenvalue weighted by molar-refractivity contribution is -0.123. The zero-order chi connectivity index (χ0) is 19.3. The molecule has 0 aliphatic carbocycles. The van der Waals surface area contributed by atoms with Crippen LogP contribution in [0.25, 0.3) is 0 Å². The highest BCUT2D eigenvalue weighted by molar-refractivity contribution is 5.94. The molecule has 2 aliphatic heterocycles. The molecule has 1 aromatic carbocycles. The molecule has 1 fully saturated rings. The fourth-order valence-corrected chi connectivity index (χ4v) is 3.54. The Hall–Kier alpha value is -3.09. The summed E-state index contributed by atoms with van der Waals surface area (Å²) < 4.78 is 5.61. The Balaban J connectivity index is 1.27. The molecule has 2 aromatic rings. The summed E-state index contributed by atoms with van der Waals surface area (Å²) in [5.74, 6) is 1.46. The number of ether oxygens (including phenoxy) is 1. The second kappa shape index (κ2) is 8.29. The van der Waals surface area contributed by atoms with Gasteiger partial charge in [0.25, 0.3) is 5.91 Å². The average Bonchev–Trinajstić information content (AvgIpc) is 3.26. The van der Waals surface area contributed by atoms with Crippen molar-refractivity contribution in [1.29, 1.82) is 0 Å². The SMILES string of the molecule is O=C(COc1ccc2c(c1)CCC(=O)N2)NCc1ccnc(N2CCCC2)c1. The summed E-state index contributed by atoms with van der Waals surface area (Å²) in [6.45, 7) is 2.49. The molecular formula is C21H24N4O3. The summed E-state index contributed by atoms with van der Waals surface area (Å²) in [5, 5.41) is 5.72. The van der Waals surface area contributed by atoms with Crippen molar-refractivity contribution in [2.24, 2.45) is 0 Å². The van der Waals surface area contributed by atoms with Crippen molar-refractivity contribution in [3.63, 3.8) is 0 Å². The van der Waals surface area contributed by atoms with Gasteiger partial charge in [-0.2, -0.15) is 0 Å². The van der Waals surface area contributed by atoms with Crippen LogP contribution in [0.1, 0.15) is 30.4 Å². The van der Waals surface area contributed by atoms with Crippen molar-refractivity contribution >= 4 is 23.3 Å². The number of aromatic nitrogens is 1. The molecule has 7 nitrogen and oxygen atoms in total. The van der Waals surface area contributed by atoms with E-state index in [1.165, 1.54) is 12.8 Å². The van der Waals surface area contributed by atoms with Gasteiger partial charge in [-0.25, -0.2) is 4.98 Å². The van der Waals surface area contributed by atoms with Crippen LogP contribution in [-0.4, -0.2) is 36.5 Å². The quantitative estimate of drug-likeness (QED) is 0.803. The van der Waals surface area contributed by atoms with Crippen molar-refractivity contribution in [1.82, 2.24) is 10.3 Å². The smallest absolute Gasteiger partial charge is 0.258 e. The van der Waals surface area contributed by atoms with E-state index in [1.54, 1.807) is 12.3 Å². The Morgan fingerprint density at radius 1 is 1.18 bits per heavy atom. The van der Waals surface area contributed by atoms with Gasteiger partial charge in [-0.15, -0.1) is 0 Å². The van der Waals surface area contributed by atoms with Crippen LogP contribution in [0.2, 0.25) is 0 Å². The van der Waals surface area contributed by atoms with Gasteiger partial charge in [0, 0.05) is 37.9 Å². The Kier molecular flexibility index (Phi) is 5.41. The van der Waals surface area contributed by atoms with Gasteiger partial charge in [0.05, 0.1) is 0 Å². The summed E-state index contributed by atoms with van der Waals surface area (Å²) in [6.07, 6.45) is 5.36. The number of benzene rings is 1. The molecule has 1 aromatic heterocycles. The van der Waals surface area contributed by atoms with E-state index in [9.17, 15) is 9.59 Å². The predicted octanol–water partition coefficient (Wildman–Crippen LogP) is 2.26. The third-order valence-corrected chi connectivity index (χ3v) is 5.07.